The summed E-state index contributed by atoms with van der Waals surface area (Å²) in [6, 6.07) is 11.4. The number of piperazine rings is 1. The molecule has 0 amide bonds. The zero-order chi connectivity index (χ0) is 25.9. The van der Waals surface area contributed by atoms with Gasteiger partial charge >= 0.3 is 6.18 Å². The van der Waals surface area contributed by atoms with Gasteiger partial charge in [0.15, 0.2) is 0 Å². The molecule has 36 heavy (non-hydrogen) atoms. The lowest BCUT2D eigenvalue weighted by Gasteiger charge is -2.32. The van der Waals surface area contributed by atoms with E-state index in [9.17, 15) is 26.4 Å². The smallest absolute Gasteiger partial charge is 0.322 e. The number of fused-ring (bicyclic) bond motifs is 1. The van der Waals surface area contributed by atoms with Gasteiger partial charge in [0.05, 0.1) is 10.5 Å². The Morgan fingerprint density at radius 3 is 2.31 bits per heavy atom. The first-order chi connectivity index (χ1) is 17.0. The molecule has 0 unspecified atom stereocenters. The van der Waals surface area contributed by atoms with E-state index in [1.165, 1.54) is 24.3 Å². The van der Waals surface area contributed by atoms with Crippen molar-refractivity contribution >= 4 is 20.9 Å². The summed E-state index contributed by atoms with van der Waals surface area (Å²) in [4.78, 5) is 18.8. The average molecular weight is 523 g/mol. The second-order valence-electron chi connectivity index (χ2n) is 9.14. The topological polar surface area (TPSA) is 85.5 Å². The number of aromatic nitrogens is 1. The number of nitrogens with zero attached hydrogens (tertiary/aromatic N) is 2. The van der Waals surface area contributed by atoms with Crippen molar-refractivity contribution < 1.29 is 21.6 Å². The Hall–Kier alpha value is -2.73. The van der Waals surface area contributed by atoms with Crippen LogP contribution in [-0.2, 0) is 22.6 Å². The van der Waals surface area contributed by atoms with Crippen molar-refractivity contribution in [2.45, 2.75) is 23.9 Å². The highest BCUT2D eigenvalue weighted by Gasteiger charge is 2.33. The summed E-state index contributed by atoms with van der Waals surface area (Å²) in [5.41, 5.74) is -0.326. The predicted molar refractivity (Wildman–Crippen MR) is 133 cm³/mol. The number of nitrogens with one attached hydrogen (secondary N) is 2. The molecule has 7 nitrogen and oxygen atoms in total. The molecule has 4 rings (SSSR count). The molecule has 0 aliphatic carbocycles. The van der Waals surface area contributed by atoms with Crippen LogP contribution in [0.5, 0.6) is 0 Å². The maximum absolute atomic E-state index is 13.4. The predicted octanol–water partition coefficient (Wildman–Crippen LogP) is 3.05. The minimum absolute atomic E-state index is 0.0837. The summed E-state index contributed by atoms with van der Waals surface area (Å²) >= 11 is 0. The molecular weight excluding hydrogens is 493 g/mol. The van der Waals surface area contributed by atoms with Crippen molar-refractivity contribution in [2.75, 3.05) is 46.3 Å². The Labute approximate surface area is 208 Å². The van der Waals surface area contributed by atoms with Crippen LogP contribution in [0.4, 0.5) is 13.2 Å². The third kappa shape index (κ3) is 6.52. The van der Waals surface area contributed by atoms with Crippen LogP contribution >= 0.6 is 0 Å². The number of pyridine rings is 1. The average Bonchev–Trinajstić information content (AvgIpc) is 2.82. The summed E-state index contributed by atoms with van der Waals surface area (Å²) in [5.74, 6) is 0. The second kappa shape index (κ2) is 10.7. The first-order valence-electron chi connectivity index (χ1n) is 11.7. The van der Waals surface area contributed by atoms with Crippen molar-refractivity contribution in [2.24, 2.45) is 0 Å². The fraction of sp³-hybridized carbons (Fsp3) is 0.400. The maximum Gasteiger partial charge on any atom is 0.417 e. The van der Waals surface area contributed by atoms with Gasteiger partial charge in [-0.2, -0.15) is 13.2 Å². The van der Waals surface area contributed by atoms with Crippen LogP contribution in [0.1, 0.15) is 23.1 Å². The molecule has 3 aromatic rings. The number of halogens is 3. The minimum atomic E-state index is -4.65. The molecule has 2 heterocycles. The SMILES string of the molecule is CN1CCN(CCCNS(=O)(=O)c2ccc(Cc3ccc4[nH]c(=O)cc(C(F)(F)F)c4c3)cc2)CC1. The Morgan fingerprint density at radius 1 is 0.972 bits per heavy atom. The van der Waals surface area contributed by atoms with Gasteiger partial charge < -0.3 is 14.8 Å². The van der Waals surface area contributed by atoms with Gasteiger partial charge in [-0.15, -0.1) is 0 Å². The Balaban J connectivity index is 1.39. The molecule has 0 spiro atoms. The molecule has 1 fully saturated rings. The van der Waals surface area contributed by atoms with Gasteiger partial charge in [0.25, 0.3) is 0 Å². The van der Waals surface area contributed by atoms with Crippen molar-refractivity contribution in [3.05, 3.63) is 75.6 Å². The van der Waals surface area contributed by atoms with E-state index in [1.54, 1.807) is 18.2 Å². The highest BCUT2D eigenvalue weighted by molar-refractivity contribution is 7.89. The van der Waals surface area contributed by atoms with E-state index >= 15 is 0 Å². The van der Waals surface area contributed by atoms with Crippen LogP contribution in [0.3, 0.4) is 0 Å². The highest BCUT2D eigenvalue weighted by Crippen LogP contribution is 2.33. The number of benzene rings is 2. The summed E-state index contributed by atoms with van der Waals surface area (Å²) in [7, 11) is -1.56. The lowest BCUT2D eigenvalue weighted by molar-refractivity contribution is -0.136. The van der Waals surface area contributed by atoms with Gasteiger partial charge in [-0.3, -0.25) is 4.79 Å². The molecule has 0 bridgehead atoms. The largest absolute Gasteiger partial charge is 0.417 e. The molecule has 11 heteroatoms. The molecule has 0 atom stereocenters. The molecule has 1 aliphatic rings. The molecule has 1 saturated heterocycles. The summed E-state index contributed by atoms with van der Waals surface area (Å²) in [5, 5.41) is -0.0837. The molecule has 194 valence electrons. The number of rotatable bonds is 8. The molecule has 0 radical (unpaired) electrons. The van der Waals surface area contributed by atoms with E-state index in [1.807, 2.05) is 0 Å². The van der Waals surface area contributed by atoms with Gasteiger partial charge in [-0.05, 0) is 61.8 Å². The fourth-order valence-electron chi connectivity index (χ4n) is 4.33. The number of hydrogen-bond donors (Lipinski definition) is 2. The third-order valence-electron chi connectivity index (χ3n) is 6.39. The maximum atomic E-state index is 13.4. The van der Waals surface area contributed by atoms with E-state index < -0.39 is 27.3 Å². The monoisotopic (exact) mass is 522 g/mol. The normalized spacial score (nSPS) is 16.0. The van der Waals surface area contributed by atoms with Crippen LogP contribution < -0.4 is 10.3 Å². The van der Waals surface area contributed by atoms with E-state index in [-0.39, 0.29) is 15.8 Å². The summed E-state index contributed by atoms with van der Waals surface area (Å²) < 4.78 is 68.1. The molecule has 2 N–H and O–H groups in total. The number of aromatic amines is 1. The number of hydrogen-bond acceptors (Lipinski definition) is 5. The Bertz CT molecular complexity index is 1360. The van der Waals surface area contributed by atoms with E-state index in [0.29, 0.717) is 31.0 Å². The number of H-pyrrole nitrogens is 1. The van der Waals surface area contributed by atoms with Crippen molar-refractivity contribution in [3.8, 4) is 0 Å². The number of likely N-dealkylation sites (N-methyl/N-ethyl adjacent to an activating group) is 1. The quantitative estimate of drug-likeness (QED) is 0.445. The van der Waals surface area contributed by atoms with Gasteiger partial charge in [0, 0.05) is 49.7 Å². The highest BCUT2D eigenvalue weighted by atomic mass is 32.2. The van der Waals surface area contributed by atoms with Gasteiger partial charge in [-0.25, -0.2) is 13.1 Å². The molecule has 2 aromatic carbocycles. The van der Waals surface area contributed by atoms with Crippen LogP contribution in [0.25, 0.3) is 10.9 Å². The molecule has 0 saturated carbocycles. The zero-order valence-corrected chi connectivity index (χ0v) is 20.8. The van der Waals surface area contributed by atoms with Gasteiger partial charge in [-0.1, -0.05) is 18.2 Å². The molecule has 1 aromatic heterocycles. The van der Waals surface area contributed by atoms with Crippen LogP contribution in [-0.4, -0.2) is 69.5 Å². The first kappa shape index (κ1) is 26.3. The minimum Gasteiger partial charge on any atom is -0.322 e. The summed E-state index contributed by atoms with van der Waals surface area (Å²) in [6.07, 6.45) is -3.63. The molecular formula is C25H29F3N4O3S. The zero-order valence-electron chi connectivity index (χ0n) is 19.9. The van der Waals surface area contributed by atoms with Gasteiger partial charge in [0.1, 0.15) is 0 Å². The fourth-order valence-corrected chi connectivity index (χ4v) is 5.41. The lowest BCUT2D eigenvalue weighted by Crippen LogP contribution is -2.45. The van der Waals surface area contributed by atoms with Crippen LogP contribution in [0.15, 0.2) is 58.2 Å². The molecule has 1 aliphatic heterocycles. The standard InChI is InChI=1S/C25H29F3N4O3S/c1-31-11-13-32(14-12-31)10-2-9-29-36(34,35)20-6-3-18(4-7-20)15-19-5-8-23-21(16-19)22(25(26,27)28)17-24(33)30-23/h3-8,16-17,29H,2,9-15H2,1H3,(H,30,33). The Morgan fingerprint density at radius 2 is 1.64 bits per heavy atom. The Kier molecular flexibility index (Phi) is 7.84. The number of alkyl halides is 3. The van der Waals surface area contributed by atoms with Crippen LogP contribution in [0.2, 0.25) is 0 Å². The van der Waals surface area contributed by atoms with Crippen molar-refractivity contribution in [3.63, 3.8) is 0 Å². The third-order valence-corrected chi connectivity index (χ3v) is 7.87. The van der Waals surface area contributed by atoms with E-state index in [2.05, 4.69) is 26.6 Å². The second-order valence-corrected chi connectivity index (χ2v) is 10.9. The lowest BCUT2D eigenvalue weighted by atomic mass is 10.0. The van der Waals surface area contributed by atoms with E-state index in [0.717, 1.165) is 38.3 Å². The van der Waals surface area contributed by atoms with Crippen molar-refractivity contribution in [1.29, 1.82) is 0 Å². The first-order valence-corrected chi connectivity index (χ1v) is 13.2. The van der Waals surface area contributed by atoms with E-state index in [4.69, 9.17) is 0 Å². The summed E-state index contributed by atoms with van der Waals surface area (Å²) in [6.45, 7) is 5.18. The van der Waals surface area contributed by atoms with Crippen LogP contribution in [0, 0.1) is 0 Å². The van der Waals surface area contributed by atoms with Crippen molar-refractivity contribution in [1.82, 2.24) is 19.5 Å². The number of sulfonamides is 1. The van der Waals surface area contributed by atoms with Gasteiger partial charge in [0.2, 0.25) is 15.6 Å².